The zero-order valence-electron chi connectivity index (χ0n) is 7.79. The Bertz CT molecular complexity index is 296. The van der Waals surface area contributed by atoms with Gasteiger partial charge in [0, 0.05) is 0 Å². The molecule has 1 fully saturated rings. The number of aliphatic hydroxyl groups is 4. The van der Waals surface area contributed by atoms with Crippen molar-refractivity contribution < 1.29 is 40.2 Å². The highest BCUT2D eigenvalue weighted by Crippen LogP contribution is 2.27. The van der Waals surface area contributed by atoms with Gasteiger partial charge in [-0.1, -0.05) is 5.11 Å². The monoisotopic (exact) mass is 238 g/mol. The molecule has 1 saturated heterocycles. The minimum atomic E-state index is -2.90. The van der Waals surface area contributed by atoms with Gasteiger partial charge in [0.2, 0.25) is 0 Å². The van der Waals surface area contributed by atoms with Crippen molar-refractivity contribution in [3.63, 3.8) is 0 Å². The number of ether oxygens (including phenoxy) is 1. The van der Waals surface area contributed by atoms with E-state index in [4.69, 9.17) is 10.4 Å². The van der Waals surface area contributed by atoms with E-state index in [1.807, 2.05) is 0 Å². The summed E-state index contributed by atoms with van der Waals surface area (Å²) >= 11 is 0. The van der Waals surface area contributed by atoms with E-state index in [-0.39, 0.29) is 0 Å². The molecule has 0 bridgehead atoms. The first-order valence-corrected chi connectivity index (χ1v) is 4.10. The van der Waals surface area contributed by atoms with Gasteiger partial charge in [-0.25, -0.2) is 9.78 Å². The Kier molecular flexibility index (Phi) is 3.72. The molecule has 10 heteroatoms. The van der Waals surface area contributed by atoms with Gasteiger partial charge < -0.3 is 25.2 Å². The van der Waals surface area contributed by atoms with Gasteiger partial charge in [0.25, 0.3) is 0 Å². The van der Waals surface area contributed by atoms with E-state index in [1.165, 1.54) is 0 Å². The Balaban J connectivity index is 2.95. The average Bonchev–Trinajstić information content (AvgIpc) is 2.29. The molecule has 0 radical (unpaired) electrons. The third-order valence-electron chi connectivity index (χ3n) is 2.09. The summed E-state index contributed by atoms with van der Waals surface area (Å²) in [5.74, 6) is -1.44. The second-order valence-electron chi connectivity index (χ2n) is 3.05. The van der Waals surface area contributed by atoms with Gasteiger partial charge in [-0.15, -0.1) is 0 Å². The fourth-order valence-corrected chi connectivity index (χ4v) is 1.18. The molecule has 0 aromatic rings. The maximum Gasteiger partial charge on any atom is 0.366 e. The molecule has 4 atom stereocenters. The minimum Gasteiger partial charge on any atom is -0.453 e. The summed E-state index contributed by atoms with van der Waals surface area (Å²) in [4.78, 5) is 14.3. The second-order valence-corrected chi connectivity index (χ2v) is 3.05. The Morgan fingerprint density at radius 3 is 2.62 bits per heavy atom. The van der Waals surface area contributed by atoms with Crippen molar-refractivity contribution >= 4 is 5.97 Å². The van der Waals surface area contributed by atoms with Crippen LogP contribution in [0, 0.1) is 0 Å². The zero-order valence-corrected chi connectivity index (χ0v) is 7.79. The summed E-state index contributed by atoms with van der Waals surface area (Å²) < 4.78 is 4.39. The van der Waals surface area contributed by atoms with Crippen LogP contribution in [0.4, 0.5) is 0 Å². The van der Waals surface area contributed by atoms with Crippen LogP contribution in [-0.2, 0) is 14.5 Å². The molecule has 1 rings (SSSR count). The average molecular weight is 238 g/mol. The number of hydrogen-bond acceptors (Lipinski definition) is 10. The van der Waals surface area contributed by atoms with Crippen LogP contribution in [0.15, 0.2) is 10.4 Å². The molecule has 0 saturated carbocycles. The Morgan fingerprint density at radius 1 is 1.50 bits per heavy atom. The largest absolute Gasteiger partial charge is 0.453 e. The molecular formula is C6H10N2O8. The molecule has 1 aliphatic heterocycles. The highest BCUT2D eigenvalue weighted by Gasteiger charge is 2.56. The van der Waals surface area contributed by atoms with Crippen LogP contribution in [0.3, 0.4) is 0 Å². The van der Waals surface area contributed by atoms with Crippen LogP contribution >= 0.6 is 0 Å². The summed E-state index contributed by atoms with van der Waals surface area (Å²) in [6.45, 7) is -0.742. The van der Waals surface area contributed by atoms with Gasteiger partial charge in [-0.3, -0.25) is 0 Å². The van der Waals surface area contributed by atoms with Crippen LogP contribution in [0.25, 0.3) is 0 Å². The quantitative estimate of drug-likeness (QED) is 0.152. The number of carbonyl (C=O) groups is 1. The van der Waals surface area contributed by atoms with Gasteiger partial charge in [0.1, 0.15) is 12.2 Å². The zero-order chi connectivity index (χ0) is 12.3. The van der Waals surface area contributed by atoms with Gasteiger partial charge in [-0.05, 0) is 0 Å². The number of cyclic esters (lactones) is 1. The van der Waals surface area contributed by atoms with E-state index in [9.17, 15) is 20.1 Å². The Morgan fingerprint density at radius 2 is 2.12 bits per heavy atom. The number of rotatable bonds is 3. The fourth-order valence-electron chi connectivity index (χ4n) is 1.18. The van der Waals surface area contributed by atoms with Crippen molar-refractivity contribution in [2.24, 2.45) is 10.4 Å². The molecule has 10 nitrogen and oxygen atoms in total. The lowest BCUT2D eigenvalue weighted by atomic mass is 9.95. The second kappa shape index (κ2) is 4.67. The van der Waals surface area contributed by atoms with Crippen molar-refractivity contribution in [3.05, 3.63) is 0 Å². The summed E-state index contributed by atoms with van der Waals surface area (Å²) in [5.41, 5.74) is -2.90. The topological polar surface area (TPSA) is 161 Å². The van der Waals surface area contributed by atoms with Gasteiger partial charge in [0.05, 0.1) is 11.9 Å². The molecule has 16 heavy (non-hydrogen) atoms. The predicted octanol–water partition coefficient (Wildman–Crippen LogP) is -2.83. The lowest BCUT2D eigenvalue weighted by molar-refractivity contribution is -0.265. The molecule has 1 heterocycles. The summed E-state index contributed by atoms with van der Waals surface area (Å²) in [6, 6.07) is 0. The number of carbonyl (C=O) groups excluding carboxylic acids is 1. The SMILES string of the molecule is O=C1OC(CO)[C@@H](O)[C@H](O)C1(O)N=NOO. The smallest absolute Gasteiger partial charge is 0.366 e. The van der Waals surface area contributed by atoms with Crippen molar-refractivity contribution in [1.29, 1.82) is 0 Å². The molecule has 0 aliphatic carbocycles. The molecule has 5 N–H and O–H groups in total. The van der Waals surface area contributed by atoms with E-state index in [0.29, 0.717) is 0 Å². The van der Waals surface area contributed by atoms with E-state index in [2.05, 4.69) is 20.1 Å². The number of hydrogen-bond donors (Lipinski definition) is 5. The molecule has 1 aliphatic rings. The lowest BCUT2D eigenvalue weighted by Crippen LogP contribution is -2.63. The molecule has 2 unspecified atom stereocenters. The van der Waals surface area contributed by atoms with Crippen LogP contribution < -0.4 is 0 Å². The van der Waals surface area contributed by atoms with Crippen molar-refractivity contribution in [1.82, 2.24) is 0 Å². The normalized spacial score (nSPS) is 39.8. The molecule has 0 spiro atoms. The third-order valence-corrected chi connectivity index (χ3v) is 2.09. The summed E-state index contributed by atoms with van der Waals surface area (Å²) in [7, 11) is 0. The predicted molar refractivity (Wildman–Crippen MR) is 42.5 cm³/mol. The van der Waals surface area contributed by atoms with Gasteiger partial charge in [0.15, 0.2) is 6.10 Å². The Hall–Kier alpha value is -1.33. The standard InChI is InChI=1S/C6H10N2O8/c9-1-2-3(10)4(11)6(13,5(12)15-2)7-8-16-14/h2-4,9-11,13-14H,1H2/t2?,3-,4+,6?/m1/s1. The van der Waals surface area contributed by atoms with E-state index in [1.54, 1.807) is 0 Å². The summed E-state index contributed by atoms with van der Waals surface area (Å²) in [5, 5.41) is 50.0. The van der Waals surface area contributed by atoms with E-state index in [0.717, 1.165) is 0 Å². The van der Waals surface area contributed by atoms with Crippen LogP contribution in [0.5, 0.6) is 0 Å². The highest BCUT2D eigenvalue weighted by atomic mass is 17.2. The first-order valence-electron chi connectivity index (χ1n) is 4.10. The number of nitrogens with zero attached hydrogens (tertiary/aromatic N) is 2. The first-order chi connectivity index (χ1) is 7.47. The number of esters is 1. The van der Waals surface area contributed by atoms with E-state index >= 15 is 0 Å². The van der Waals surface area contributed by atoms with E-state index < -0.39 is 36.6 Å². The van der Waals surface area contributed by atoms with Crippen LogP contribution in [0.2, 0.25) is 0 Å². The number of aliphatic hydroxyl groups excluding tert-OH is 3. The summed E-state index contributed by atoms with van der Waals surface area (Å²) in [6.07, 6.45) is -5.22. The fraction of sp³-hybridized carbons (Fsp3) is 0.833. The van der Waals surface area contributed by atoms with Gasteiger partial charge >= 0.3 is 11.7 Å². The third kappa shape index (κ3) is 1.96. The molecule has 92 valence electrons. The molecular weight excluding hydrogens is 228 g/mol. The van der Waals surface area contributed by atoms with Crippen molar-refractivity contribution in [2.45, 2.75) is 24.0 Å². The highest BCUT2D eigenvalue weighted by molar-refractivity contribution is 5.81. The minimum absolute atomic E-state index is 0.742. The maximum atomic E-state index is 11.2. The maximum absolute atomic E-state index is 11.2. The van der Waals surface area contributed by atoms with Crippen LogP contribution in [-0.4, -0.2) is 62.3 Å². The van der Waals surface area contributed by atoms with Crippen LogP contribution in [0.1, 0.15) is 0 Å². The molecule has 0 aromatic carbocycles. The van der Waals surface area contributed by atoms with Gasteiger partial charge in [-0.2, -0.15) is 5.26 Å². The van der Waals surface area contributed by atoms with Crippen molar-refractivity contribution in [2.75, 3.05) is 6.61 Å². The molecule has 0 aromatic heterocycles. The Labute approximate surface area is 88.2 Å². The lowest BCUT2D eigenvalue weighted by Gasteiger charge is -2.37. The molecule has 0 amide bonds. The first kappa shape index (κ1) is 12.7. The van der Waals surface area contributed by atoms with Crippen molar-refractivity contribution in [3.8, 4) is 0 Å².